The van der Waals surface area contributed by atoms with Gasteiger partial charge in [-0.2, -0.15) is 0 Å². The fraction of sp³-hybridized carbons (Fsp3) is 0.680. The van der Waals surface area contributed by atoms with E-state index in [-0.39, 0.29) is 16.6 Å². The molecule has 0 N–H and O–H groups in total. The van der Waals surface area contributed by atoms with Gasteiger partial charge in [-0.05, 0) is 37.4 Å². The van der Waals surface area contributed by atoms with Crippen molar-refractivity contribution in [1.82, 2.24) is 9.80 Å². The van der Waals surface area contributed by atoms with Crippen molar-refractivity contribution in [3.63, 3.8) is 0 Å². The highest BCUT2D eigenvalue weighted by atomic mass is 16.1. The lowest BCUT2D eigenvalue weighted by atomic mass is 9.86. The highest BCUT2D eigenvalue weighted by Crippen LogP contribution is 2.31. The van der Waals surface area contributed by atoms with Gasteiger partial charge in [-0.1, -0.05) is 59.7 Å². The molecule has 0 radical (unpaired) electrons. The Morgan fingerprint density at radius 2 is 1.62 bits per heavy atom. The van der Waals surface area contributed by atoms with Gasteiger partial charge in [0, 0.05) is 41.6 Å². The second-order valence-corrected chi connectivity index (χ2v) is 11.0. The zero-order valence-corrected chi connectivity index (χ0v) is 19.1. The Hall–Kier alpha value is -1.52. The second kappa shape index (κ2) is 8.31. The zero-order chi connectivity index (χ0) is 21.4. The number of ketones is 2. The number of fused-ring (bicyclic) bond motifs is 2. The Balaban J connectivity index is 1.47. The third kappa shape index (κ3) is 5.35. The lowest BCUT2D eigenvalue weighted by Crippen LogP contribution is -2.49. The summed E-state index contributed by atoms with van der Waals surface area (Å²) in [4.78, 5) is 29.9. The van der Waals surface area contributed by atoms with Crippen LogP contribution in [0.3, 0.4) is 0 Å². The van der Waals surface area contributed by atoms with Crippen molar-refractivity contribution in [3.8, 4) is 0 Å². The maximum atomic E-state index is 12.5. The molecule has 160 valence electrons. The van der Waals surface area contributed by atoms with Crippen LogP contribution in [0.2, 0.25) is 0 Å². The number of aryl methyl sites for hydroxylation is 1. The van der Waals surface area contributed by atoms with E-state index >= 15 is 0 Å². The predicted octanol–water partition coefficient (Wildman–Crippen LogP) is 4.22. The molecule has 0 saturated carbocycles. The average Bonchev–Trinajstić information content (AvgIpc) is 3.19. The molecule has 0 unspecified atom stereocenters. The Bertz CT molecular complexity index is 757. The van der Waals surface area contributed by atoms with Crippen LogP contribution >= 0.6 is 0 Å². The molecule has 0 amide bonds. The molecule has 4 heteroatoms. The maximum Gasteiger partial charge on any atom is 0.168 e. The summed E-state index contributed by atoms with van der Waals surface area (Å²) in [5.41, 5.74) is 1.49. The van der Waals surface area contributed by atoms with Crippen LogP contribution in [0.25, 0.3) is 0 Å². The lowest BCUT2D eigenvalue weighted by molar-refractivity contribution is -0.128. The molecule has 29 heavy (non-hydrogen) atoms. The normalized spacial score (nSPS) is 23.0. The summed E-state index contributed by atoms with van der Waals surface area (Å²) >= 11 is 0. The Kier molecular flexibility index (Phi) is 6.35. The number of nitrogens with zero attached hydrogens (tertiary/aromatic N) is 2. The molecular formula is C25H38N2O2. The minimum absolute atomic E-state index is 0.209. The van der Waals surface area contributed by atoms with E-state index in [9.17, 15) is 9.59 Å². The fourth-order valence-corrected chi connectivity index (χ4v) is 4.51. The molecule has 0 spiro atoms. The van der Waals surface area contributed by atoms with Crippen LogP contribution in [0.15, 0.2) is 24.3 Å². The summed E-state index contributed by atoms with van der Waals surface area (Å²) in [6.07, 6.45) is 3.32. The number of hydrogen-bond donors (Lipinski definition) is 0. The van der Waals surface area contributed by atoms with E-state index in [0.29, 0.717) is 24.4 Å². The molecule has 1 aromatic rings. The van der Waals surface area contributed by atoms with Gasteiger partial charge >= 0.3 is 0 Å². The van der Waals surface area contributed by atoms with E-state index in [1.54, 1.807) is 0 Å². The molecule has 3 rings (SSSR count). The van der Waals surface area contributed by atoms with Gasteiger partial charge in [0.2, 0.25) is 0 Å². The maximum absolute atomic E-state index is 12.5. The molecule has 0 aliphatic carbocycles. The highest BCUT2D eigenvalue weighted by molar-refractivity contribution is 5.99. The first-order chi connectivity index (χ1) is 13.4. The van der Waals surface area contributed by atoms with Gasteiger partial charge < -0.3 is 0 Å². The molecule has 2 fully saturated rings. The van der Waals surface area contributed by atoms with Crippen molar-refractivity contribution >= 4 is 11.6 Å². The van der Waals surface area contributed by atoms with E-state index in [4.69, 9.17) is 0 Å². The summed E-state index contributed by atoms with van der Waals surface area (Å²) in [6.45, 7) is 15.8. The smallest absolute Gasteiger partial charge is 0.168 e. The van der Waals surface area contributed by atoms with E-state index in [1.165, 1.54) is 12.0 Å². The van der Waals surface area contributed by atoms with Gasteiger partial charge in [0.1, 0.15) is 0 Å². The van der Waals surface area contributed by atoms with E-state index in [0.717, 1.165) is 38.0 Å². The number of benzene rings is 1. The van der Waals surface area contributed by atoms with Gasteiger partial charge in [-0.25, -0.2) is 0 Å². The van der Waals surface area contributed by atoms with Gasteiger partial charge in [-0.3, -0.25) is 19.4 Å². The van der Waals surface area contributed by atoms with Crippen molar-refractivity contribution in [3.05, 3.63) is 35.4 Å². The first-order valence-corrected chi connectivity index (χ1v) is 11.1. The van der Waals surface area contributed by atoms with Crippen LogP contribution in [0.4, 0.5) is 0 Å². The molecule has 2 heterocycles. The predicted molar refractivity (Wildman–Crippen MR) is 118 cm³/mol. The number of piperazine rings is 1. The summed E-state index contributed by atoms with van der Waals surface area (Å²) in [5, 5.41) is 0. The number of carbonyl (C=O) groups excluding carboxylic acids is 2. The first kappa shape index (κ1) is 22.2. The fourth-order valence-electron chi connectivity index (χ4n) is 4.51. The van der Waals surface area contributed by atoms with E-state index in [1.807, 2.05) is 53.7 Å². The Morgan fingerprint density at radius 3 is 2.21 bits per heavy atom. The first-order valence-electron chi connectivity index (χ1n) is 11.1. The quantitative estimate of drug-likeness (QED) is 0.645. The summed E-state index contributed by atoms with van der Waals surface area (Å²) in [6, 6.07) is 9.29. The SMILES string of the molecule is CC(C)(C)C(=O)CN1C[C@@H]2C[C@H]1CN2CCCc1cccc(C(=O)C(C)(C)C)c1. The minimum atomic E-state index is -0.340. The van der Waals surface area contributed by atoms with Crippen LogP contribution in [-0.2, 0) is 11.2 Å². The third-order valence-corrected chi connectivity index (χ3v) is 6.43. The topological polar surface area (TPSA) is 40.6 Å². The van der Waals surface area contributed by atoms with Crippen LogP contribution in [0.1, 0.15) is 70.3 Å². The number of likely N-dealkylation sites (tertiary alicyclic amines) is 2. The lowest BCUT2D eigenvalue weighted by Gasteiger charge is -2.35. The summed E-state index contributed by atoms with van der Waals surface area (Å²) in [5.74, 6) is 0.558. The Labute approximate surface area is 176 Å². The number of rotatable bonds is 7. The number of carbonyl (C=O) groups is 2. The molecule has 2 bridgehead atoms. The molecule has 2 saturated heterocycles. The zero-order valence-electron chi connectivity index (χ0n) is 19.1. The van der Waals surface area contributed by atoms with Crippen LogP contribution in [-0.4, -0.2) is 59.6 Å². The number of hydrogen-bond acceptors (Lipinski definition) is 4. The Morgan fingerprint density at radius 1 is 0.966 bits per heavy atom. The third-order valence-electron chi connectivity index (χ3n) is 6.43. The van der Waals surface area contributed by atoms with Gasteiger partial charge in [0.25, 0.3) is 0 Å². The molecule has 2 aliphatic heterocycles. The number of Topliss-reactive ketones (excluding diaryl/α,β-unsaturated/α-hetero) is 2. The van der Waals surface area contributed by atoms with Crippen molar-refractivity contribution in [2.75, 3.05) is 26.2 Å². The van der Waals surface area contributed by atoms with Crippen molar-refractivity contribution in [2.24, 2.45) is 10.8 Å². The molecular weight excluding hydrogens is 360 g/mol. The molecule has 0 aromatic heterocycles. The molecule has 2 aliphatic rings. The van der Waals surface area contributed by atoms with Crippen LogP contribution in [0, 0.1) is 10.8 Å². The standard InChI is InChI=1S/C25H38N2O2/c1-24(2,3)22(28)17-27-16-20-14-21(27)15-26(20)12-8-10-18-9-7-11-19(13-18)23(29)25(4,5)6/h7,9,11,13,20-21H,8,10,12,14-17H2,1-6H3/t20-,21-/m0/s1. The van der Waals surface area contributed by atoms with Gasteiger partial charge in [0.05, 0.1) is 6.54 Å². The van der Waals surface area contributed by atoms with Crippen molar-refractivity contribution in [1.29, 1.82) is 0 Å². The van der Waals surface area contributed by atoms with E-state index < -0.39 is 0 Å². The van der Waals surface area contributed by atoms with Crippen molar-refractivity contribution in [2.45, 2.75) is 72.9 Å². The van der Waals surface area contributed by atoms with Gasteiger partial charge in [0.15, 0.2) is 11.6 Å². The molecule has 2 atom stereocenters. The largest absolute Gasteiger partial charge is 0.298 e. The second-order valence-electron chi connectivity index (χ2n) is 11.0. The van der Waals surface area contributed by atoms with Gasteiger partial charge in [-0.15, -0.1) is 0 Å². The summed E-state index contributed by atoms with van der Waals surface area (Å²) < 4.78 is 0. The van der Waals surface area contributed by atoms with Crippen LogP contribution < -0.4 is 0 Å². The van der Waals surface area contributed by atoms with Crippen LogP contribution in [0.5, 0.6) is 0 Å². The minimum Gasteiger partial charge on any atom is -0.298 e. The highest BCUT2D eigenvalue weighted by Gasteiger charge is 2.43. The summed E-state index contributed by atoms with van der Waals surface area (Å²) in [7, 11) is 0. The van der Waals surface area contributed by atoms with Crippen molar-refractivity contribution < 1.29 is 9.59 Å². The molecule has 1 aromatic carbocycles. The average molecular weight is 399 g/mol. The van der Waals surface area contributed by atoms with E-state index in [2.05, 4.69) is 21.9 Å². The monoisotopic (exact) mass is 398 g/mol. The molecule has 4 nitrogen and oxygen atoms in total.